The van der Waals surface area contributed by atoms with E-state index in [0.29, 0.717) is 11.3 Å². The molecule has 0 N–H and O–H groups in total. The number of carbonyl (C=O) groups is 1. The summed E-state index contributed by atoms with van der Waals surface area (Å²) >= 11 is 3.36. The van der Waals surface area contributed by atoms with Gasteiger partial charge in [0.15, 0.2) is 4.80 Å². The average Bonchev–Trinajstić information content (AvgIpc) is 3.14. The molecule has 1 heterocycles. The van der Waals surface area contributed by atoms with Crippen molar-refractivity contribution in [3.05, 3.63) is 88.7 Å². The van der Waals surface area contributed by atoms with Crippen LogP contribution in [0.15, 0.2) is 77.8 Å². The van der Waals surface area contributed by atoms with Gasteiger partial charge >= 0.3 is 0 Å². The minimum Gasteiger partial charge on any atom is -0.457 e. The lowest BCUT2D eigenvalue weighted by molar-refractivity contribution is 0.0998. The lowest BCUT2D eigenvalue weighted by atomic mass is 10.2. The third-order valence-corrected chi connectivity index (χ3v) is 6.58. The Kier molecular flexibility index (Phi) is 6.89. The molecule has 0 aliphatic heterocycles. The van der Waals surface area contributed by atoms with Gasteiger partial charge in [0, 0.05) is 17.9 Å². The fourth-order valence-electron chi connectivity index (χ4n) is 3.26. The molecule has 0 bridgehead atoms. The van der Waals surface area contributed by atoms with Crippen molar-refractivity contribution in [2.75, 3.05) is 12.0 Å². The van der Waals surface area contributed by atoms with E-state index in [1.807, 2.05) is 30.3 Å². The van der Waals surface area contributed by atoms with E-state index >= 15 is 0 Å². The van der Waals surface area contributed by atoms with E-state index in [9.17, 15) is 4.79 Å². The molecule has 0 unspecified atom stereocenters. The van der Waals surface area contributed by atoms with Gasteiger partial charge in [0.25, 0.3) is 5.91 Å². The van der Waals surface area contributed by atoms with E-state index in [0.717, 1.165) is 34.8 Å². The molecule has 1 amide bonds. The largest absolute Gasteiger partial charge is 0.457 e. The molecule has 4 nitrogen and oxygen atoms in total. The Hall–Kier alpha value is -2.83. The van der Waals surface area contributed by atoms with Crippen LogP contribution in [0.1, 0.15) is 22.8 Å². The van der Waals surface area contributed by atoms with E-state index in [1.165, 1.54) is 10.3 Å². The van der Waals surface area contributed by atoms with E-state index in [-0.39, 0.29) is 5.91 Å². The maximum atomic E-state index is 12.9. The number of fused-ring (bicyclic) bond motifs is 1. The molecule has 0 saturated heterocycles. The summed E-state index contributed by atoms with van der Waals surface area (Å²) in [5.41, 5.74) is 2.97. The second-order valence-corrected chi connectivity index (χ2v) is 9.04. The second-order valence-electron chi connectivity index (χ2n) is 7.04. The predicted molar refractivity (Wildman–Crippen MR) is 130 cm³/mol. The van der Waals surface area contributed by atoms with Crippen molar-refractivity contribution in [2.24, 2.45) is 4.99 Å². The van der Waals surface area contributed by atoms with Gasteiger partial charge in [-0.1, -0.05) is 42.5 Å². The summed E-state index contributed by atoms with van der Waals surface area (Å²) in [6.45, 7) is 2.97. The Morgan fingerprint density at radius 1 is 1.03 bits per heavy atom. The number of amides is 1. The maximum absolute atomic E-state index is 12.9. The Morgan fingerprint density at radius 3 is 2.48 bits per heavy atom. The standard InChI is InChI=1S/C25H24N2O2S2/c1-3-18-9-14-22-23(17-18)31-25(27(22)15-16-30-2)26-24(28)19-10-12-21(13-11-19)29-20-7-5-4-6-8-20/h4-14,17H,3,15-16H2,1-2H3. The fraction of sp³-hybridized carbons (Fsp3) is 0.200. The molecule has 0 aliphatic carbocycles. The molecule has 31 heavy (non-hydrogen) atoms. The zero-order valence-electron chi connectivity index (χ0n) is 17.6. The number of carbonyl (C=O) groups excluding carboxylic acids is 1. The Bertz CT molecular complexity index is 1240. The van der Waals surface area contributed by atoms with Crippen LogP contribution in [0, 0.1) is 0 Å². The number of ether oxygens (including phenoxy) is 1. The highest BCUT2D eigenvalue weighted by molar-refractivity contribution is 7.98. The molecular formula is C25H24N2O2S2. The topological polar surface area (TPSA) is 43.6 Å². The minimum atomic E-state index is -0.244. The first-order chi connectivity index (χ1) is 15.2. The lowest BCUT2D eigenvalue weighted by Crippen LogP contribution is -2.18. The van der Waals surface area contributed by atoms with Crippen LogP contribution in [-0.2, 0) is 13.0 Å². The van der Waals surface area contributed by atoms with E-state index in [2.05, 4.69) is 40.9 Å². The summed E-state index contributed by atoms with van der Waals surface area (Å²) in [6.07, 6.45) is 3.08. The summed E-state index contributed by atoms with van der Waals surface area (Å²) < 4.78 is 9.13. The van der Waals surface area contributed by atoms with Gasteiger partial charge in [-0.2, -0.15) is 16.8 Å². The van der Waals surface area contributed by atoms with Crippen LogP contribution < -0.4 is 9.54 Å². The SMILES string of the molecule is CCc1ccc2c(c1)sc(=NC(=O)c1ccc(Oc3ccccc3)cc1)n2CCSC. The Balaban J connectivity index is 1.63. The molecule has 0 radical (unpaired) electrons. The third kappa shape index (κ3) is 5.09. The van der Waals surface area contributed by atoms with Crippen molar-refractivity contribution >= 4 is 39.2 Å². The number of aryl methyl sites for hydroxylation is 2. The number of benzene rings is 3. The molecule has 0 saturated carbocycles. The maximum Gasteiger partial charge on any atom is 0.279 e. The molecule has 158 valence electrons. The van der Waals surface area contributed by atoms with Gasteiger partial charge < -0.3 is 9.30 Å². The van der Waals surface area contributed by atoms with Crippen molar-refractivity contribution < 1.29 is 9.53 Å². The molecule has 4 rings (SSSR count). The van der Waals surface area contributed by atoms with Gasteiger partial charge in [-0.25, -0.2) is 0 Å². The quantitative estimate of drug-likeness (QED) is 0.340. The zero-order chi connectivity index (χ0) is 21.6. The minimum absolute atomic E-state index is 0.244. The van der Waals surface area contributed by atoms with E-state index in [4.69, 9.17) is 4.74 Å². The number of hydrogen-bond donors (Lipinski definition) is 0. The number of para-hydroxylation sites is 1. The highest BCUT2D eigenvalue weighted by atomic mass is 32.2. The Morgan fingerprint density at radius 2 is 1.77 bits per heavy atom. The highest BCUT2D eigenvalue weighted by Gasteiger charge is 2.10. The summed E-state index contributed by atoms with van der Waals surface area (Å²) in [6, 6.07) is 23.2. The van der Waals surface area contributed by atoms with E-state index in [1.54, 1.807) is 47.4 Å². The van der Waals surface area contributed by atoms with Crippen molar-refractivity contribution in [1.29, 1.82) is 0 Å². The van der Waals surface area contributed by atoms with Crippen LogP contribution in [0.5, 0.6) is 11.5 Å². The van der Waals surface area contributed by atoms with Crippen LogP contribution in [0.25, 0.3) is 10.2 Å². The lowest BCUT2D eigenvalue weighted by Gasteiger charge is -2.06. The van der Waals surface area contributed by atoms with Gasteiger partial charge in [0.1, 0.15) is 11.5 Å². The molecule has 0 fully saturated rings. The van der Waals surface area contributed by atoms with Crippen molar-refractivity contribution in [1.82, 2.24) is 4.57 Å². The normalized spacial score (nSPS) is 11.7. The summed E-state index contributed by atoms with van der Waals surface area (Å²) in [5.74, 6) is 2.17. The van der Waals surface area contributed by atoms with Crippen molar-refractivity contribution in [2.45, 2.75) is 19.9 Å². The molecule has 0 spiro atoms. The first-order valence-corrected chi connectivity index (χ1v) is 12.4. The van der Waals surface area contributed by atoms with E-state index < -0.39 is 0 Å². The molecule has 3 aromatic carbocycles. The first kappa shape index (κ1) is 21.4. The molecule has 0 atom stereocenters. The third-order valence-electron chi connectivity index (χ3n) is 4.95. The summed E-state index contributed by atoms with van der Waals surface area (Å²) in [7, 11) is 0. The van der Waals surface area contributed by atoms with Gasteiger partial charge in [-0.05, 0) is 66.8 Å². The second kappa shape index (κ2) is 9.98. The zero-order valence-corrected chi connectivity index (χ0v) is 19.2. The molecule has 1 aromatic heterocycles. The van der Waals surface area contributed by atoms with Crippen molar-refractivity contribution in [3.63, 3.8) is 0 Å². The van der Waals surface area contributed by atoms with Gasteiger partial charge in [0.05, 0.1) is 10.2 Å². The van der Waals surface area contributed by atoms with Crippen LogP contribution >= 0.6 is 23.1 Å². The number of aromatic nitrogens is 1. The molecule has 6 heteroatoms. The predicted octanol–water partition coefficient (Wildman–Crippen LogP) is 6.16. The monoisotopic (exact) mass is 448 g/mol. The van der Waals surface area contributed by atoms with Gasteiger partial charge in [0.2, 0.25) is 0 Å². The summed E-state index contributed by atoms with van der Waals surface area (Å²) in [5, 5.41) is 0. The highest BCUT2D eigenvalue weighted by Crippen LogP contribution is 2.22. The Labute approximate surface area is 190 Å². The molecule has 0 aliphatic rings. The van der Waals surface area contributed by atoms with Crippen LogP contribution in [0.3, 0.4) is 0 Å². The number of rotatable bonds is 7. The number of hydrogen-bond acceptors (Lipinski definition) is 4. The van der Waals surface area contributed by atoms with Crippen LogP contribution in [0.4, 0.5) is 0 Å². The summed E-state index contributed by atoms with van der Waals surface area (Å²) in [4.78, 5) is 18.1. The van der Waals surface area contributed by atoms with Crippen molar-refractivity contribution in [3.8, 4) is 11.5 Å². The smallest absolute Gasteiger partial charge is 0.279 e. The van der Waals surface area contributed by atoms with Crippen LogP contribution in [0.2, 0.25) is 0 Å². The van der Waals surface area contributed by atoms with Gasteiger partial charge in [-0.15, -0.1) is 0 Å². The van der Waals surface area contributed by atoms with Crippen LogP contribution in [-0.4, -0.2) is 22.5 Å². The molecular weight excluding hydrogens is 424 g/mol. The number of nitrogens with zero attached hydrogens (tertiary/aromatic N) is 2. The molecule has 4 aromatic rings. The number of thioether (sulfide) groups is 1. The fourth-order valence-corrected chi connectivity index (χ4v) is 4.75. The average molecular weight is 449 g/mol. The first-order valence-electron chi connectivity index (χ1n) is 10.2. The van der Waals surface area contributed by atoms with Gasteiger partial charge in [-0.3, -0.25) is 4.79 Å². The number of thiazole rings is 1.